The van der Waals surface area contributed by atoms with Crippen LogP contribution in [0, 0.1) is 6.92 Å². The molecule has 0 N–H and O–H groups in total. The van der Waals surface area contributed by atoms with E-state index in [4.69, 9.17) is 4.74 Å². The number of esters is 1. The predicted octanol–water partition coefficient (Wildman–Crippen LogP) is 3.77. The molecule has 1 aromatic heterocycles. The van der Waals surface area contributed by atoms with Gasteiger partial charge >= 0.3 is 5.97 Å². The van der Waals surface area contributed by atoms with Gasteiger partial charge < -0.3 is 9.64 Å². The van der Waals surface area contributed by atoms with Crippen LogP contribution in [0.5, 0.6) is 0 Å². The summed E-state index contributed by atoms with van der Waals surface area (Å²) in [7, 11) is 0. The third-order valence-electron chi connectivity index (χ3n) is 4.70. The summed E-state index contributed by atoms with van der Waals surface area (Å²) in [5.41, 5.74) is 2.90. The van der Waals surface area contributed by atoms with Crippen LogP contribution in [0.4, 0.5) is 0 Å². The quantitative estimate of drug-likeness (QED) is 0.575. The number of hydrogen-bond acceptors (Lipinski definition) is 4. The van der Waals surface area contributed by atoms with E-state index in [1.165, 1.54) is 6.20 Å². The molecule has 2 aromatic carbocycles. The van der Waals surface area contributed by atoms with Gasteiger partial charge in [0.1, 0.15) is 5.56 Å². The van der Waals surface area contributed by atoms with Crippen LogP contribution in [-0.4, -0.2) is 39.2 Å². The third-order valence-corrected chi connectivity index (χ3v) is 4.70. The van der Waals surface area contributed by atoms with Crippen molar-refractivity contribution in [1.29, 1.82) is 0 Å². The number of para-hydroxylation sites is 1. The molecule has 1 amide bonds. The molecule has 0 bridgehead atoms. The lowest BCUT2D eigenvalue weighted by Crippen LogP contribution is -2.39. The molecule has 6 heteroatoms. The highest BCUT2D eigenvalue weighted by atomic mass is 16.5. The van der Waals surface area contributed by atoms with Crippen molar-refractivity contribution in [1.82, 2.24) is 14.7 Å². The fourth-order valence-electron chi connectivity index (χ4n) is 3.07. The fraction of sp³-hybridized carbons (Fsp3) is 0.261. The second-order valence-corrected chi connectivity index (χ2v) is 7.07. The average Bonchev–Trinajstić information content (AvgIpc) is 3.12. The Balaban J connectivity index is 1.65. The summed E-state index contributed by atoms with van der Waals surface area (Å²) in [5, 5.41) is 4.27. The Bertz CT molecular complexity index is 966. The zero-order valence-corrected chi connectivity index (χ0v) is 16.9. The first kappa shape index (κ1) is 20.3. The Morgan fingerprint density at radius 3 is 2.28 bits per heavy atom. The first-order valence-corrected chi connectivity index (χ1v) is 9.58. The zero-order valence-electron chi connectivity index (χ0n) is 16.9. The number of aromatic nitrogens is 2. The van der Waals surface area contributed by atoms with Gasteiger partial charge in [0.2, 0.25) is 0 Å². The second kappa shape index (κ2) is 9.19. The van der Waals surface area contributed by atoms with Crippen molar-refractivity contribution in [2.45, 2.75) is 33.4 Å². The number of amides is 1. The number of carbonyl (C=O) groups excluding carboxylic acids is 2. The summed E-state index contributed by atoms with van der Waals surface area (Å²) >= 11 is 0. The highest BCUT2D eigenvalue weighted by Crippen LogP contribution is 2.15. The van der Waals surface area contributed by atoms with Crippen LogP contribution >= 0.6 is 0 Å². The van der Waals surface area contributed by atoms with Gasteiger partial charge in [-0.2, -0.15) is 5.10 Å². The molecule has 3 rings (SSSR count). The maximum absolute atomic E-state index is 12.7. The van der Waals surface area contributed by atoms with Gasteiger partial charge in [-0.3, -0.25) is 4.79 Å². The molecule has 0 saturated heterocycles. The summed E-state index contributed by atoms with van der Waals surface area (Å²) in [6, 6.07) is 19.3. The molecule has 150 valence electrons. The summed E-state index contributed by atoms with van der Waals surface area (Å²) in [6.45, 7) is 5.85. The summed E-state index contributed by atoms with van der Waals surface area (Å²) in [5.74, 6) is -0.785. The molecule has 0 spiro atoms. The van der Waals surface area contributed by atoms with Crippen LogP contribution < -0.4 is 0 Å². The van der Waals surface area contributed by atoms with E-state index in [0.29, 0.717) is 17.8 Å². The standard InChI is InChI=1S/C23H25N3O3/c1-17(2)25(15-19-10-6-4-7-11-19)22(27)16-29-23(28)21-14-24-26(18(21)3)20-12-8-5-9-13-20/h4-14,17H,15-16H2,1-3H3. The minimum Gasteiger partial charge on any atom is -0.452 e. The van der Waals surface area contributed by atoms with Gasteiger partial charge in [-0.25, -0.2) is 9.48 Å². The number of hydrogen-bond donors (Lipinski definition) is 0. The molecule has 0 atom stereocenters. The van der Waals surface area contributed by atoms with E-state index in [1.54, 1.807) is 16.5 Å². The molecule has 0 aliphatic carbocycles. The molecule has 0 saturated carbocycles. The maximum atomic E-state index is 12.7. The maximum Gasteiger partial charge on any atom is 0.342 e. The van der Waals surface area contributed by atoms with E-state index in [-0.39, 0.29) is 18.6 Å². The SMILES string of the molecule is Cc1c(C(=O)OCC(=O)N(Cc2ccccc2)C(C)C)cnn1-c1ccccc1. The predicted molar refractivity (Wildman–Crippen MR) is 111 cm³/mol. The van der Waals surface area contributed by atoms with E-state index in [2.05, 4.69) is 5.10 Å². The van der Waals surface area contributed by atoms with Crippen molar-refractivity contribution in [2.75, 3.05) is 6.61 Å². The average molecular weight is 391 g/mol. The van der Waals surface area contributed by atoms with Crippen LogP contribution in [-0.2, 0) is 16.1 Å². The van der Waals surface area contributed by atoms with Crippen molar-refractivity contribution in [3.63, 3.8) is 0 Å². The second-order valence-electron chi connectivity index (χ2n) is 7.07. The largest absolute Gasteiger partial charge is 0.452 e. The van der Waals surface area contributed by atoms with Gasteiger partial charge in [0.15, 0.2) is 6.61 Å². The molecule has 3 aromatic rings. The van der Waals surface area contributed by atoms with E-state index < -0.39 is 5.97 Å². The van der Waals surface area contributed by atoms with Gasteiger partial charge in [-0.1, -0.05) is 48.5 Å². The van der Waals surface area contributed by atoms with Crippen molar-refractivity contribution in [2.24, 2.45) is 0 Å². The van der Waals surface area contributed by atoms with Crippen LogP contribution in [0.25, 0.3) is 5.69 Å². The van der Waals surface area contributed by atoms with Crippen molar-refractivity contribution >= 4 is 11.9 Å². The smallest absolute Gasteiger partial charge is 0.342 e. The van der Waals surface area contributed by atoms with Crippen molar-refractivity contribution in [3.05, 3.63) is 83.7 Å². The lowest BCUT2D eigenvalue weighted by Gasteiger charge is -2.26. The normalized spacial score (nSPS) is 10.8. The molecule has 0 unspecified atom stereocenters. The van der Waals surface area contributed by atoms with Crippen LogP contribution in [0.15, 0.2) is 66.9 Å². The van der Waals surface area contributed by atoms with E-state index in [0.717, 1.165) is 11.3 Å². The Hall–Kier alpha value is -3.41. The first-order valence-electron chi connectivity index (χ1n) is 9.58. The molecule has 1 heterocycles. The number of carbonyl (C=O) groups is 2. The van der Waals surface area contributed by atoms with E-state index >= 15 is 0 Å². The van der Waals surface area contributed by atoms with Gasteiger partial charge in [-0.15, -0.1) is 0 Å². The van der Waals surface area contributed by atoms with Gasteiger partial charge in [0, 0.05) is 12.6 Å². The lowest BCUT2D eigenvalue weighted by molar-refractivity contribution is -0.136. The minimum absolute atomic E-state index is 0.0102. The summed E-state index contributed by atoms with van der Waals surface area (Å²) in [6.07, 6.45) is 1.47. The zero-order chi connectivity index (χ0) is 20.8. The van der Waals surface area contributed by atoms with Gasteiger partial charge in [0.05, 0.1) is 17.6 Å². The molecule has 0 radical (unpaired) electrons. The monoisotopic (exact) mass is 391 g/mol. The summed E-state index contributed by atoms with van der Waals surface area (Å²) < 4.78 is 6.98. The topological polar surface area (TPSA) is 64.4 Å². The van der Waals surface area contributed by atoms with Crippen molar-refractivity contribution < 1.29 is 14.3 Å². The van der Waals surface area contributed by atoms with Crippen LogP contribution in [0.3, 0.4) is 0 Å². The Labute approximate surface area is 170 Å². The number of nitrogens with zero attached hydrogens (tertiary/aromatic N) is 3. The molecular weight excluding hydrogens is 366 g/mol. The molecule has 0 fully saturated rings. The van der Waals surface area contributed by atoms with Gasteiger partial charge in [0.25, 0.3) is 5.91 Å². The van der Waals surface area contributed by atoms with Crippen molar-refractivity contribution in [3.8, 4) is 5.69 Å². The van der Waals surface area contributed by atoms with Crippen LogP contribution in [0.1, 0.15) is 35.5 Å². The number of ether oxygens (including phenoxy) is 1. The fourth-order valence-corrected chi connectivity index (χ4v) is 3.07. The minimum atomic E-state index is -0.554. The first-order chi connectivity index (χ1) is 14.0. The Morgan fingerprint density at radius 1 is 1.03 bits per heavy atom. The summed E-state index contributed by atoms with van der Waals surface area (Å²) in [4.78, 5) is 26.9. The molecule has 29 heavy (non-hydrogen) atoms. The van der Waals surface area contributed by atoms with Gasteiger partial charge in [-0.05, 0) is 38.5 Å². The van der Waals surface area contributed by atoms with E-state index in [9.17, 15) is 9.59 Å². The highest BCUT2D eigenvalue weighted by molar-refractivity contribution is 5.92. The Kier molecular flexibility index (Phi) is 6.44. The molecule has 6 nitrogen and oxygen atoms in total. The highest BCUT2D eigenvalue weighted by Gasteiger charge is 2.21. The number of rotatable bonds is 7. The number of benzene rings is 2. The molecular formula is C23H25N3O3. The third kappa shape index (κ3) is 4.90. The molecule has 0 aliphatic heterocycles. The molecule has 0 aliphatic rings. The van der Waals surface area contributed by atoms with E-state index in [1.807, 2.05) is 74.5 Å². The Morgan fingerprint density at radius 2 is 1.66 bits per heavy atom. The van der Waals surface area contributed by atoms with Crippen LogP contribution in [0.2, 0.25) is 0 Å². The lowest BCUT2D eigenvalue weighted by atomic mass is 10.2.